The van der Waals surface area contributed by atoms with E-state index in [1.54, 1.807) is 0 Å². The number of rotatable bonds is 6. The fraction of sp³-hybridized carbons (Fsp3) is 0.462. The first kappa shape index (κ1) is 16.9. The molecule has 0 bridgehead atoms. The zero-order valence-corrected chi connectivity index (χ0v) is 13.3. The minimum Gasteiger partial charge on any atom is -0.326 e. The molecule has 2 N–H and O–H groups in total. The minimum absolute atomic E-state index is 0.138. The zero-order chi connectivity index (χ0) is 15.3. The van der Waals surface area contributed by atoms with Crippen LogP contribution in [0.25, 0.3) is 0 Å². The van der Waals surface area contributed by atoms with Crippen molar-refractivity contribution < 1.29 is 13.2 Å². The van der Waals surface area contributed by atoms with Crippen LogP contribution >= 0.6 is 11.6 Å². The fourth-order valence-electron chi connectivity index (χ4n) is 1.43. The quantitative estimate of drug-likeness (QED) is 0.789. The highest BCUT2D eigenvalue weighted by Gasteiger charge is 2.17. The highest BCUT2D eigenvalue weighted by molar-refractivity contribution is 7.89. The van der Waals surface area contributed by atoms with Gasteiger partial charge in [0.1, 0.15) is 0 Å². The maximum absolute atomic E-state index is 12.0. The molecule has 1 unspecified atom stereocenters. The summed E-state index contributed by atoms with van der Waals surface area (Å²) in [7, 11) is -3.58. The van der Waals surface area contributed by atoms with Gasteiger partial charge >= 0.3 is 0 Å². The van der Waals surface area contributed by atoms with Gasteiger partial charge in [0.25, 0.3) is 0 Å². The van der Waals surface area contributed by atoms with Crippen LogP contribution in [0.1, 0.15) is 20.8 Å². The molecule has 1 aromatic rings. The van der Waals surface area contributed by atoms with Gasteiger partial charge in [0.15, 0.2) is 0 Å². The molecule has 1 rings (SSSR count). The molecule has 0 radical (unpaired) electrons. The van der Waals surface area contributed by atoms with Gasteiger partial charge < -0.3 is 5.32 Å². The molecular weight excluding hydrogens is 300 g/mol. The van der Waals surface area contributed by atoms with E-state index in [9.17, 15) is 13.2 Å². The van der Waals surface area contributed by atoms with E-state index in [1.807, 2.05) is 13.8 Å². The molecule has 0 heterocycles. The molecule has 0 saturated carbocycles. The van der Waals surface area contributed by atoms with E-state index in [2.05, 4.69) is 10.0 Å². The maximum Gasteiger partial charge on any atom is 0.240 e. The third-order valence-corrected chi connectivity index (χ3v) is 4.77. The minimum atomic E-state index is -3.58. The molecule has 1 aromatic carbocycles. The second kappa shape index (κ2) is 7.06. The Bertz CT molecular complexity index is 555. The Morgan fingerprint density at radius 3 is 2.25 bits per heavy atom. The average Bonchev–Trinajstić information content (AvgIpc) is 2.35. The standard InChI is InChI=1S/C13H19ClN2O3S/c1-9(2)13(14)8-15-20(18,19)12-6-4-11(5-7-12)16-10(3)17/h4-7,9,13,15H,8H2,1-3H3,(H,16,17). The summed E-state index contributed by atoms with van der Waals surface area (Å²) in [5, 5.41) is 2.31. The van der Waals surface area contributed by atoms with E-state index < -0.39 is 10.0 Å². The van der Waals surface area contributed by atoms with Crippen molar-refractivity contribution in [2.75, 3.05) is 11.9 Å². The Morgan fingerprint density at radius 2 is 1.80 bits per heavy atom. The number of sulfonamides is 1. The van der Waals surface area contributed by atoms with E-state index >= 15 is 0 Å². The molecule has 0 aliphatic carbocycles. The van der Waals surface area contributed by atoms with Crippen LogP contribution in [0.15, 0.2) is 29.2 Å². The Kier molecular flexibility index (Phi) is 5.98. The van der Waals surface area contributed by atoms with Gasteiger partial charge in [-0.05, 0) is 30.2 Å². The van der Waals surface area contributed by atoms with Crippen molar-refractivity contribution >= 4 is 33.2 Å². The van der Waals surface area contributed by atoms with Crippen molar-refractivity contribution in [1.29, 1.82) is 0 Å². The van der Waals surface area contributed by atoms with Gasteiger partial charge in [-0.2, -0.15) is 0 Å². The summed E-state index contributed by atoms with van der Waals surface area (Å²) in [6.07, 6.45) is 0. The second-order valence-electron chi connectivity index (χ2n) is 4.82. The Hall–Kier alpha value is -1.11. The van der Waals surface area contributed by atoms with E-state index in [4.69, 9.17) is 11.6 Å². The van der Waals surface area contributed by atoms with Crippen molar-refractivity contribution in [2.24, 2.45) is 5.92 Å². The predicted octanol–water partition coefficient (Wildman–Crippen LogP) is 2.19. The van der Waals surface area contributed by atoms with Gasteiger partial charge in [0.2, 0.25) is 15.9 Å². The van der Waals surface area contributed by atoms with Gasteiger partial charge in [-0.25, -0.2) is 13.1 Å². The normalized spacial score (nSPS) is 13.2. The van der Waals surface area contributed by atoms with Crippen molar-refractivity contribution in [2.45, 2.75) is 31.0 Å². The molecule has 0 aromatic heterocycles. The second-order valence-corrected chi connectivity index (χ2v) is 7.15. The Labute approximate surface area is 124 Å². The van der Waals surface area contributed by atoms with Gasteiger partial charge in [-0.15, -0.1) is 11.6 Å². The molecule has 1 amide bonds. The lowest BCUT2D eigenvalue weighted by Gasteiger charge is -2.14. The maximum atomic E-state index is 12.0. The summed E-state index contributed by atoms with van der Waals surface area (Å²) in [5.41, 5.74) is 0.550. The number of anilines is 1. The Morgan fingerprint density at radius 1 is 1.25 bits per heavy atom. The van der Waals surface area contributed by atoms with Crippen LogP contribution in [-0.4, -0.2) is 26.2 Å². The molecule has 112 valence electrons. The van der Waals surface area contributed by atoms with E-state index in [0.29, 0.717) is 5.69 Å². The van der Waals surface area contributed by atoms with Crippen LogP contribution < -0.4 is 10.0 Å². The van der Waals surface area contributed by atoms with Crippen LogP contribution in [0, 0.1) is 5.92 Å². The number of hydrogen-bond acceptors (Lipinski definition) is 3. The third-order valence-electron chi connectivity index (χ3n) is 2.68. The summed E-state index contributed by atoms with van der Waals surface area (Å²) < 4.78 is 26.5. The van der Waals surface area contributed by atoms with Gasteiger partial charge in [0.05, 0.1) is 4.90 Å². The van der Waals surface area contributed by atoms with Crippen LogP contribution in [0.5, 0.6) is 0 Å². The molecule has 5 nitrogen and oxygen atoms in total. The Balaban J connectivity index is 2.75. The molecule has 0 saturated heterocycles. The van der Waals surface area contributed by atoms with Crippen LogP contribution in [0.3, 0.4) is 0 Å². The average molecular weight is 319 g/mol. The lowest BCUT2D eigenvalue weighted by Crippen LogP contribution is -2.32. The topological polar surface area (TPSA) is 75.3 Å². The SMILES string of the molecule is CC(=O)Nc1ccc(S(=O)(=O)NCC(Cl)C(C)C)cc1. The first-order valence-corrected chi connectivity index (χ1v) is 8.15. The van der Waals surface area contributed by atoms with Gasteiger partial charge in [-0.1, -0.05) is 13.8 Å². The van der Waals surface area contributed by atoms with Crippen molar-refractivity contribution in [1.82, 2.24) is 4.72 Å². The molecule has 1 atom stereocenters. The number of alkyl halides is 1. The van der Waals surface area contributed by atoms with E-state index in [-0.39, 0.29) is 28.6 Å². The predicted molar refractivity (Wildman–Crippen MR) is 80.4 cm³/mol. The summed E-state index contributed by atoms with van der Waals surface area (Å²) in [6, 6.07) is 5.95. The molecule has 7 heteroatoms. The van der Waals surface area contributed by atoms with Crippen LogP contribution in [-0.2, 0) is 14.8 Å². The fourth-order valence-corrected chi connectivity index (χ4v) is 2.66. The summed E-state index contributed by atoms with van der Waals surface area (Å²) >= 11 is 6.02. The van der Waals surface area contributed by atoms with Gasteiger partial charge in [-0.3, -0.25) is 4.79 Å². The molecule has 0 aliphatic heterocycles. The molecule has 20 heavy (non-hydrogen) atoms. The smallest absolute Gasteiger partial charge is 0.240 e. The highest BCUT2D eigenvalue weighted by atomic mass is 35.5. The summed E-state index contributed by atoms with van der Waals surface area (Å²) in [4.78, 5) is 11.0. The highest BCUT2D eigenvalue weighted by Crippen LogP contribution is 2.15. The largest absolute Gasteiger partial charge is 0.326 e. The first-order chi connectivity index (χ1) is 9.22. The van der Waals surface area contributed by atoms with E-state index in [1.165, 1.54) is 31.2 Å². The number of carbonyl (C=O) groups is 1. The molecule has 0 aliphatic rings. The van der Waals surface area contributed by atoms with Crippen molar-refractivity contribution in [3.63, 3.8) is 0 Å². The third kappa shape index (κ3) is 5.11. The number of carbonyl (C=O) groups excluding carboxylic acids is 1. The number of nitrogens with one attached hydrogen (secondary N) is 2. The molecular formula is C13H19ClN2O3S. The lowest BCUT2D eigenvalue weighted by molar-refractivity contribution is -0.114. The summed E-state index contributed by atoms with van der Waals surface area (Å²) in [5.74, 6) is -0.0258. The summed E-state index contributed by atoms with van der Waals surface area (Å²) in [6.45, 7) is 5.41. The monoisotopic (exact) mass is 318 g/mol. The van der Waals surface area contributed by atoms with E-state index in [0.717, 1.165) is 0 Å². The first-order valence-electron chi connectivity index (χ1n) is 6.24. The number of hydrogen-bond donors (Lipinski definition) is 2. The number of amides is 1. The number of benzene rings is 1. The molecule has 0 fully saturated rings. The van der Waals surface area contributed by atoms with Gasteiger partial charge in [0, 0.05) is 24.5 Å². The number of halogens is 1. The van der Waals surface area contributed by atoms with Crippen LogP contribution in [0.2, 0.25) is 0 Å². The molecule has 0 spiro atoms. The van der Waals surface area contributed by atoms with Crippen molar-refractivity contribution in [3.05, 3.63) is 24.3 Å². The van der Waals surface area contributed by atoms with Crippen molar-refractivity contribution in [3.8, 4) is 0 Å². The zero-order valence-electron chi connectivity index (χ0n) is 11.7. The van der Waals surface area contributed by atoms with Crippen LogP contribution in [0.4, 0.5) is 5.69 Å². The lowest BCUT2D eigenvalue weighted by atomic mass is 10.1.